The smallest absolute Gasteiger partial charge is 0.414 e. The number of benzene rings is 2. The lowest BCUT2D eigenvalue weighted by atomic mass is 10.2. The van der Waals surface area contributed by atoms with Gasteiger partial charge in [0.2, 0.25) is 0 Å². The predicted molar refractivity (Wildman–Crippen MR) is 136 cm³/mol. The molecule has 0 aliphatic carbocycles. The third-order valence-corrected chi connectivity index (χ3v) is 5.68. The SMILES string of the molecule is CCN(CCON(C)c1ccc([N+](=O)[O-])cc1)c1c(F)cc(N2C[C@H](CNC(C)=S)OC2=O)cc1F. The summed E-state index contributed by atoms with van der Waals surface area (Å²) < 4.78 is 35.3. The zero-order valence-electron chi connectivity index (χ0n) is 20.1. The van der Waals surface area contributed by atoms with E-state index in [4.69, 9.17) is 21.8 Å². The van der Waals surface area contributed by atoms with E-state index in [1.807, 2.05) is 0 Å². The predicted octanol–water partition coefficient (Wildman–Crippen LogP) is 4.03. The molecule has 1 N–H and O–H groups in total. The van der Waals surface area contributed by atoms with Crippen molar-refractivity contribution in [3.05, 3.63) is 58.1 Å². The van der Waals surface area contributed by atoms with Gasteiger partial charge in [0.15, 0.2) is 11.6 Å². The molecule has 2 aromatic rings. The van der Waals surface area contributed by atoms with E-state index in [2.05, 4.69) is 5.32 Å². The standard InChI is InChI=1S/C23H27F2N5O5S/c1-4-28(9-10-34-27(3)16-5-7-17(8-6-16)30(32)33)22-20(24)11-18(12-21(22)25)29-14-19(35-23(29)31)13-26-15(2)36/h5-8,11-12,19H,4,9-10,13-14H2,1-3H3,(H,26,36)/t19-/m0/s1. The van der Waals surface area contributed by atoms with Crippen LogP contribution < -0.4 is 20.2 Å². The summed E-state index contributed by atoms with van der Waals surface area (Å²) in [5.41, 5.74) is 0.366. The van der Waals surface area contributed by atoms with E-state index in [9.17, 15) is 14.9 Å². The summed E-state index contributed by atoms with van der Waals surface area (Å²) in [5, 5.41) is 15.1. The van der Waals surface area contributed by atoms with E-state index in [0.717, 1.165) is 12.1 Å². The summed E-state index contributed by atoms with van der Waals surface area (Å²) in [6.45, 7) is 4.44. The number of non-ortho nitro benzene ring substituents is 1. The number of ether oxygens (including phenoxy) is 1. The Balaban J connectivity index is 1.63. The number of nitro benzene ring substituents is 1. The first kappa shape index (κ1) is 27.0. The Bertz CT molecular complexity index is 1100. The van der Waals surface area contributed by atoms with E-state index in [-0.39, 0.29) is 36.8 Å². The normalized spacial score (nSPS) is 15.0. The number of halogens is 2. The van der Waals surface area contributed by atoms with Crippen molar-refractivity contribution in [1.82, 2.24) is 5.32 Å². The lowest BCUT2D eigenvalue weighted by Crippen LogP contribution is -2.33. The molecule has 10 nitrogen and oxygen atoms in total. The Labute approximate surface area is 212 Å². The van der Waals surface area contributed by atoms with Gasteiger partial charge in [0.1, 0.15) is 11.8 Å². The number of thiocarbonyl (C=S) groups is 1. The first-order valence-electron chi connectivity index (χ1n) is 11.2. The first-order chi connectivity index (χ1) is 17.1. The van der Waals surface area contributed by atoms with Gasteiger partial charge in [-0.1, -0.05) is 12.2 Å². The van der Waals surface area contributed by atoms with Crippen LogP contribution in [0.3, 0.4) is 0 Å². The number of cyclic esters (lactones) is 1. The first-order valence-corrected chi connectivity index (χ1v) is 11.6. The summed E-state index contributed by atoms with van der Waals surface area (Å²) in [7, 11) is 1.62. The molecule has 3 rings (SSSR count). The number of nitrogens with zero attached hydrogens (tertiary/aromatic N) is 4. The fourth-order valence-electron chi connectivity index (χ4n) is 3.68. The number of rotatable bonds is 11. The van der Waals surface area contributed by atoms with Crippen molar-refractivity contribution in [2.24, 2.45) is 0 Å². The summed E-state index contributed by atoms with van der Waals surface area (Å²) >= 11 is 4.95. The second-order valence-corrected chi connectivity index (χ2v) is 8.61. The molecular weight excluding hydrogens is 496 g/mol. The number of nitro groups is 1. The zero-order chi connectivity index (χ0) is 26.4. The molecule has 0 bridgehead atoms. The highest BCUT2D eigenvalue weighted by Gasteiger charge is 2.33. The summed E-state index contributed by atoms with van der Waals surface area (Å²) in [6, 6.07) is 7.99. The van der Waals surface area contributed by atoms with Crippen molar-refractivity contribution in [2.75, 3.05) is 54.7 Å². The van der Waals surface area contributed by atoms with Gasteiger partial charge in [0, 0.05) is 44.4 Å². The Morgan fingerprint density at radius 1 is 1.31 bits per heavy atom. The molecule has 36 heavy (non-hydrogen) atoms. The Morgan fingerprint density at radius 3 is 2.50 bits per heavy atom. The number of likely N-dealkylation sites (N-methyl/N-ethyl adjacent to an activating group) is 1. The van der Waals surface area contributed by atoms with Crippen molar-refractivity contribution in [1.29, 1.82) is 0 Å². The maximum Gasteiger partial charge on any atom is 0.414 e. The Hall–Kier alpha value is -3.58. The van der Waals surface area contributed by atoms with Gasteiger partial charge < -0.3 is 15.0 Å². The molecule has 1 aliphatic heterocycles. The number of hydrogen-bond acceptors (Lipinski definition) is 8. The molecule has 0 unspecified atom stereocenters. The van der Waals surface area contributed by atoms with E-state index in [0.29, 0.717) is 23.8 Å². The molecule has 0 radical (unpaired) electrons. The minimum absolute atomic E-state index is 0.0434. The van der Waals surface area contributed by atoms with Crippen LogP contribution in [0.2, 0.25) is 0 Å². The molecular formula is C23H27F2N5O5S. The molecule has 194 valence electrons. The lowest BCUT2D eigenvalue weighted by Gasteiger charge is -2.26. The molecule has 0 aromatic heterocycles. The van der Waals surface area contributed by atoms with Crippen LogP contribution in [-0.4, -0.2) is 61.9 Å². The number of anilines is 3. The van der Waals surface area contributed by atoms with E-state index >= 15 is 8.78 Å². The minimum Gasteiger partial charge on any atom is -0.442 e. The zero-order valence-corrected chi connectivity index (χ0v) is 20.9. The molecule has 0 saturated carbocycles. The van der Waals surface area contributed by atoms with Crippen molar-refractivity contribution < 1.29 is 28.1 Å². The fourth-order valence-corrected chi connectivity index (χ4v) is 3.76. The Morgan fingerprint density at radius 2 is 1.94 bits per heavy atom. The highest BCUT2D eigenvalue weighted by Crippen LogP contribution is 2.31. The molecule has 1 fully saturated rings. The molecule has 1 atom stereocenters. The van der Waals surface area contributed by atoms with Crippen LogP contribution in [0.1, 0.15) is 13.8 Å². The van der Waals surface area contributed by atoms with Gasteiger partial charge in [0.25, 0.3) is 5.69 Å². The third kappa shape index (κ3) is 6.55. The van der Waals surface area contributed by atoms with Gasteiger partial charge in [-0.05, 0) is 26.0 Å². The highest BCUT2D eigenvalue weighted by molar-refractivity contribution is 7.80. The van der Waals surface area contributed by atoms with Crippen LogP contribution in [0.5, 0.6) is 0 Å². The minimum atomic E-state index is -0.820. The van der Waals surface area contributed by atoms with E-state index in [1.54, 1.807) is 20.9 Å². The Kier molecular flexibility index (Phi) is 8.93. The monoisotopic (exact) mass is 523 g/mol. The number of hydroxylamine groups is 1. The van der Waals surface area contributed by atoms with Crippen LogP contribution in [0, 0.1) is 21.7 Å². The van der Waals surface area contributed by atoms with E-state index in [1.165, 1.54) is 39.1 Å². The van der Waals surface area contributed by atoms with Crippen molar-refractivity contribution in [3.8, 4) is 0 Å². The topological polar surface area (TPSA) is 100 Å². The molecule has 1 heterocycles. The average Bonchev–Trinajstić information content (AvgIpc) is 3.21. The van der Waals surface area contributed by atoms with Gasteiger partial charge in [-0.2, -0.15) is 0 Å². The second-order valence-electron chi connectivity index (χ2n) is 8.00. The maximum atomic E-state index is 15.0. The number of carbonyl (C=O) groups is 1. The fraction of sp³-hybridized carbons (Fsp3) is 0.391. The van der Waals surface area contributed by atoms with Crippen molar-refractivity contribution >= 4 is 46.0 Å². The number of carbonyl (C=O) groups excluding carboxylic acids is 1. The van der Waals surface area contributed by atoms with Gasteiger partial charge in [-0.15, -0.1) is 0 Å². The largest absolute Gasteiger partial charge is 0.442 e. The summed E-state index contributed by atoms with van der Waals surface area (Å²) in [4.78, 5) is 31.4. The maximum absolute atomic E-state index is 15.0. The van der Waals surface area contributed by atoms with Crippen LogP contribution in [-0.2, 0) is 9.57 Å². The molecule has 1 amide bonds. The summed E-state index contributed by atoms with van der Waals surface area (Å²) in [5.74, 6) is -1.64. The second kappa shape index (κ2) is 11.9. The quantitative estimate of drug-likeness (QED) is 0.266. The van der Waals surface area contributed by atoms with E-state index < -0.39 is 28.8 Å². The molecule has 0 spiro atoms. The average molecular weight is 524 g/mol. The van der Waals surface area contributed by atoms with Crippen molar-refractivity contribution in [3.63, 3.8) is 0 Å². The van der Waals surface area contributed by atoms with Crippen LogP contribution in [0.4, 0.5) is 36.3 Å². The molecule has 1 saturated heterocycles. The van der Waals surface area contributed by atoms with Gasteiger partial charge in [-0.3, -0.25) is 24.9 Å². The number of hydrogen-bond donors (Lipinski definition) is 1. The number of amides is 1. The van der Waals surface area contributed by atoms with Crippen LogP contribution >= 0.6 is 12.2 Å². The molecule has 2 aromatic carbocycles. The third-order valence-electron chi connectivity index (χ3n) is 5.53. The van der Waals surface area contributed by atoms with Crippen molar-refractivity contribution in [2.45, 2.75) is 20.0 Å². The highest BCUT2D eigenvalue weighted by atomic mass is 32.1. The van der Waals surface area contributed by atoms with Gasteiger partial charge >= 0.3 is 6.09 Å². The van der Waals surface area contributed by atoms with Crippen LogP contribution in [0.25, 0.3) is 0 Å². The van der Waals surface area contributed by atoms with Crippen LogP contribution in [0.15, 0.2) is 36.4 Å². The van der Waals surface area contributed by atoms with Gasteiger partial charge in [-0.25, -0.2) is 13.6 Å². The molecule has 13 heteroatoms. The molecule has 1 aliphatic rings. The van der Waals surface area contributed by atoms with Gasteiger partial charge in [0.05, 0.1) is 41.0 Å². The number of nitrogens with one attached hydrogen (secondary N) is 1. The summed E-state index contributed by atoms with van der Waals surface area (Å²) in [6.07, 6.45) is -1.19. The lowest BCUT2D eigenvalue weighted by molar-refractivity contribution is -0.384.